The van der Waals surface area contributed by atoms with Crippen LogP contribution in [-0.2, 0) is 0 Å². The summed E-state index contributed by atoms with van der Waals surface area (Å²) in [6.07, 6.45) is 4.42. The summed E-state index contributed by atoms with van der Waals surface area (Å²) >= 11 is 0. The Morgan fingerprint density at radius 2 is 1.69 bits per heavy atom. The van der Waals surface area contributed by atoms with Crippen molar-refractivity contribution in [3.05, 3.63) is 53.5 Å². The fourth-order valence-corrected chi connectivity index (χ4v) is 4.29. The second-order valence-electron chi connectivity index (χ2n) is 4.14. The summed E-state index contributed by atoms with van der Waals surface area (Å²) in [7, 11) is -1.31. The fourth-order valence-electron chi connectivity index (χ4n) is 1.84. The number of nitrogens with one attached hydrogen (secondary N) is 1. The van der Waals surface area contributed by atoms with Gasteiger partial charge in [0.25, 0.3) is 0 Å². The SMILES string of the molecule is CC1=CN[P+](C)(c2ccccc2)C(C)=C1.[I-]. The molecule has 1 aromatic rings. The van der Waals surface area contributed by atoms with Crippen LogP contribution in [0.5, 0.6) is 0 Å². The van der Waals surface area contributed by atoms with Gasteiger partial charge in [0, 0.05) is 6.20 Å². The van der Waals surface area contributed by atoms with Crippen LogP contribution in [-0.4, -0.2) is 6.66 Å². The lowest BCUT2D eigenvalue weighted by Gasteiger charge is -2.26. The average Bonchev–Trinajstić information content (AvgIpc) is 2.25. The second-order valence-corrected chi connectivity index (χ2v) is 7.64. The lowest BCUT2D eigenvalue weighted by Crippen LogP contribution is -3.00. The van der Waals surface area contributed by atoms with Crippen LogP contribution in [0.1, 0.15) is 13.8 Å². The highest BCUT2D eigenvalue weighted by molar-refractivity contribution is 7.84. The van der Waals surface area contributed by atoms with Crippen LogP contribution in [0, 0.1) is 0 Å². The highest BCUT2D eigenvalue weighted by Crippen LogP contribution is 2.58. The van der Waals surface area contributed by atoms with Gasteiger partial charge in [0.1, 0.15) is 5.30 Å². The van der Waals surface area contributed by atoms with E-state index in [1.165, 1.54) is 16.2 Å². The Kier molecular flexibility index (Phi) is 4.57. The first-order valence-corrected chi connectivity index (χ1v) is 7.42. The third kappa shape index (κ3) is 2.49. The van der Waals surface area contributed by atoms with E-state index in [2.05, 4.69) is 68.2 Å². The van der Waals surface area contributed by atoms with Crippen molar-refractivity contribution in [2.24, 2.45) is 0 Å². The van der Waals surface area contributed by atoms with E-state index in [1.54, 1.807) is 0 Å². The van der Waals surface area contributed by atoms with Crippen molar-refractivity contribution in [1.82, 2.24) is 5.09 Å². The molecule has 0 saturated heterocycles. The van der Waals surface area contributed by atoms with Crippen molar-refractivity contribution < 1.29 is 24.0 Å². The van der Waals surface area contributed by atoms with Gasteiger partial charge < -0.3 is 24.0 Å². The highest BCUT2D eigenvalue weighted by Gasteiger charge is 2.38. The zero-order chi connectivity index (χ0) is 10.9. The smallest absolute Gasteiger partial charge is 0.158 e. The minimum Gasteiger partial charge on any atom is -1.00 e. The monoisotopic (exact) mass is 345 g/mol. The van der Waals surface area contributed by atoms with Crippen LogP contribution in [0.25, 0.3) is 0 Å². The van der Waals surface area contributed by atoms with Crippen LogP contribution >= 0.6 is 7.41 Å². The molecule has 0 aromatic heterocycles. The molecular formula is C13H17INP. The predicted octanol–water partition coefficient (Wildman–Crippen LogP) is 0.289. The molecule has 0 saturated carbocycles. The van der Waals surface area contributed by atoms with Crippen molar-refractivity contribution >= 4 is 12.7 Å². The molecule has 1 atom stereocenters. The van der Waals surface area contributed by atoms with Crippen molar-refractivity contribution in [2.75, 3.05) is 6.66 Å². The molecule has 3 heteroatoms. The van der Waals surface area contributed by atoms with Crippen LogP contribution < -0.4 is 34.4 Å². The van der Waals surface area contributed by atoms with Crippen LogP contribution in [0.15, 0.2) is 53.5 Å². The van der Waals surface area contributed by atoms with Crippen molar-refractivity contribution in [1.29, 1.82) is 0 Å². The zero-order valence-corrected chi connectivity index (χ0v) is 12.9. The molecular weight excluding hydrogens is 328 g/mol. The summed E-state index contributed by atoms with van der Waals surface area (Å²) in [6.45, 7) is 6.69. The fraction of sp³-hybridized carbons (Fsp3) is 0.231. The van der Waals surface area contributed by atoms with Gasteiger partial charge in [0.2, 0.25) is 0 Å². The summed E-state index contributed by atoms with van der Waals surface area (Å²) in [5.74, 6) is 0. The lowest BCUT2D eigenvalue weighted by molar-refractivity contribution is -0.00000325. The summed E-state index contributed by atoms with van der Waals surface area (Å²) in [6, 6.07) is 10.7. The Hall–Kier alpha value is -0.340. The summed E-state index contributed by atoms with van der Waals surface area (Å²) < 4.78 is 0. The lowest BCUT2D eigenvalue weighted by atomic mass is 10.3. The topological polar surface area (TPSA) is 12.0 Å². The number of allylic oxidation sites excluding steroid dienone is 3. The molecule has 0 amide bonds. The van der Waals surface area contributed by atoms with Gasteiger partial charge in [-0.2, -0.15) is 0 Å². The molecule has 1 heterocycles. The Balaban J connectivity index is 0.00000128. The molecule has 1 aromatic carbocycles. The minimum atomic E-state index is -1.31. The number of benzene rings is 1. The molecule has 0 radical (unpaired) electrons. The van der Waals surface area contributed by atoms with Crippen molar-refractivity contribution in [3.63, 3.8) is 0 Å². The van der Waals surface area contributed by atoms with E-state index in [0.29, 0.717) is 0 Å². The van der Waals surface area contributed by atoms with E-state index in [4.69, 9.17) is 0 Å². The summed E-state index contributed by atoms with van der Waals surface area (Å²) in [5.41, 5.74) is 1.31. The van der Waals surface area contributed by atoms with Gasteiger partial charge in [-0.05, 0) is 37.6 Å². The molecule has 16 heavy (non-hydrogen) atoms. The maximum atomic E-state index is 3.59. The van der Waals surface area contributed by atoms with Crippen LogP contribution in [0.3, 0.4) is 0 Å². The highest BCUT2D eigenvalue weighted by atomic mass is 127. The second kappa shape index (κ2) is 5.33. The predicted molar refractivity (Wildman–Crippen MR) is 69.6 cm³/mol. The number of halogens is 1. The van der Waals surface area contributed by atoms with Gasteiger partial charge in [-0.15, -0.1) is 0 Å². The maximum Gasteiger partial charge on any atom is 0.158 e. The average molecular weight is 345 g/mol. The van der Waals surface area contributed by atoms with E-state index in [-0.39, 0.29) is 24.0 Å². The standard InChI is InChI=1S/C13H17NP.HI/c1-11-9-12(2)15(3,14-10-11)13-7-5-4-6-8-13;/h4-10,14H,1-3H3;1H/q+1;/p-1. The Bertz CT molecular complexity index is 425. The van der Waals surface area contributed by atoms with Gasteiger partial charge >= 0.3 is 0 Å². The van der Waals surface area contributed by atoms with E-state index in [0.717, 1.165) is 0 Å². The van der Waals surface area contributed by atoms with E-state index in [1.807, 2.05) is 0 Å². The molecule has 1 unspecified atom stereocenters. The molecule has 1 N–H and O–H groups in total. The maximum absolute atomic E-state index is 3.59. The third-order valence-electron chi connectivity index (χ3n) is 2.96. The quantitative estimate of drug-likeness (QED) is 0.570. The molecule has 2 rings (SSSR count). The normalized spacial score (nSPS) is 23.7. The first kappa shape index (κ1) is 13.7. The Morgan fingerprint density at radius 3 is 2.25 bits per heavy atom. The van der Waals surface area contributed by atoms with E-state index in [9.17, 15) is 0 Å². The molecule has 0 bridgehead atoms. The van der Waals surface area contributed by atoms with E-state index < -0.39 is 7.41 Å². The van der Waals surface area contributed by atoms with Crippen LogP contribution in [0.2, 0.25) is 0 Å². The molecule has 0 fully saturated rings. The van der Waals surface area contributed by atoms with E-state index >= 15 is 0 Å². The zero-order valence-electron chi connectivity index (χ0n) is 9.87. The minimum absolute atomic E-state index is 0. The van der Waals surface area contributed by atoms with Gasteiger partial charge in [0.05, 0.1) is 12.0 Å². The van der Waals surface area contributed by atoms with Gasteiger partial charge in [-0.1, -0.05) is 18.2 Å². The number of rotatable bonds is 1. The van der Waals surface area contributed by atoms with Gasteiger partial charge in [-0.25, -0.2) is 0 Å². The number of hydrogen-bond acceptors (Lipinski definition) is 1. The molecule has 0 aliphatic carbocycles. The number of hydrogen-bond donors (Lipinski definition) is 1. The summed E-state index contributed by atoms with van der Waals surface area (Å²) in [4.78, 5) is 0. The van der Waals surface area contributed by atoms with Gasteiger partial charge in [0.15, 0.2) is 7.41 Å². The van der Waals surface area contributed by atoms with Gasteiger partial charge in [-0.3, -0.25) is 5.09 Å². The first-order valence-electron chi connectivity index (χ1n) is 5.18. The Labute approximate surface area is 115 Å². The summed E-state index contributed by atoms with van der Waals surface area (Å²) in [5, 5.41) is 6.48. The molecule has 0 spiro atoms. The van der Waals surface area contributed by atoms with Crippen molar-refractivity contribution in [3.8, 4) is 0 Å². The molecule has 86 valence electrons. The molecule has 1 aliphatic rings. The van der Waals surface area contributed by atoms with Crippen LogP contribution in [0.4, 0.5) is 0 Å². The molecule has 1 nitrogen and oxygen atoms in total. The largest absolute Gasteiger partial charge is 1.00 e. The molecule has 1 aliphatic heterocycles. The Morgan fingerprint density at radius 1 is 1.06 bits per heavy atom. The first-order chi connectivity index (χ1) is 7.13. The van der Waals surface area contributed by atoms with Crippen molar-refractivity contribution in [2.45, 2.75) is 13.8 Å². The third-order valence-corrected chi connectivity index (χ3v) is 6.48.